The molecule has 0 bridgehead atoms. The zero-order chi connectivity index (χ0) is 22.3. The molecular formula is C33H26. The minimum atomic E-state index is 0.211. The highest BCUT2D eigenvalue weighted by Gasteiger charge is 2.19. The van der Waals surface area contributed by atoms with Crippen LogP contribution in [0.3, 0.4) is 0 Å². The predicted molar refractivity (Wildman–Crippen MR) is 141 cm³/mol. The Kier molecular flexibility index (Phi) is 6.26. The summed E-state index contributed by atoms with van der Waals surface area (Å²) < 4.78 is 0. The van der Waals surface area contributed by atoms with E-state index in [1.54, 1.807) is 0 Å². The molecule has 0 heteroatoms. The van der Waals surface area contributed by atoms with E-state index in [2.05, 4.69) is 152 Å². The van der Waals surface area contributed by atoms with Crippen molar-refractivity contribution in [1.29, 1.82) is 0 Å². The average molecular weight is 423 g/mol. The molecule has 0 aliphatic heterocycles. The maximum Gasteiger partial charge on any atom is 0.0211 e. The van der Waals surface area contributed by atoms with Crippen LogP contribution in [0.25, 0.3) is 11.1 Å². The van der Waals surface area contributed by atoms with Crippen molar-refractivity contribution in [2.75, 3.05) is 0 Å². The van der Waals surface area contributed by atoms with E-state index < -0.39 is 0 Å². The van der Waals surface area contributed by atoms with E-state index >= 15 is 0 Å². The van der Waals surface area contributed by atoms with E-state index in [1.807, 2.05) is 0 Å². The molecule has 0 fully saturated rings. The maximum atomic E-state index is 2.39. The van der Waals surface area contributed by atoms with Gasteiger partial charge in [0.2, 0.25) is 0 Å². The van der Waals surface area contributed by atoms with Gasteiger partial charge in [0.15, 0.2) is 0 Å². The second-order valence-electron chi connectivity index (χ2n) is 8.15. The Hall–Kier alpha value is -4.16. The van der Waals surface area contributed by atoms with Crippen molar-refractivity contribution in [3.05, 3.63) is 180 Å². The third-order valence-corrected chi connectivity index (χ3v) is 5.99. The molecule has 0 nitrogen and oxygen atoms in total. The van der Waals surface area contributed by atoms with Crippen molar-refractivity contribution in [2.45, 2.75) is 0 Å². The Bertz CT molecular complexity index is 1210. The molecule has 1 aliphatic carbocycles. The van der Waals surface area contributed by atoms with Crippen LogP contribution in [0, 0.1) is 5.92 Å². The van der Waals surface area contributed by atoms with Crippen molar-refractivity contribution in [1.82, 2.24) is 0 Å². The maximum absolute atomic E-state index is 2.39. The van der Waals surface area contributed by atoms with Gasteiger partial charge in [0.1, 0.15) is 0 Å². The number of hydrogen-bond acceptors (Lipinski definition) is 0. The molecule has 1 aliphatic rings. The summed E-state index contributed by atoms with van der Waals surface area (Å²) in [7, 11) is 0. The zero-order valence-corrected chi connectivity index (χ0v) is 18.5. The Morgan fingerprint density at radius 2 is 0.818 bits per heavy atom. The van der Waals surface area contributed by atoms with Gasteiger partial charge in [-0.15, -0.1) is 0 Å². The molecule has 0 saturated heterocycles. The summed E-state index contributed by atoms with van der Waals surface area (Å²) in [5.41, 5.74) is 8.67. The number of allylic oxidation sites excluding steroid dienone is 6. The van der Waals surface area contributed by atoms with Crippen molar-refractivity contribution in [3.63, 3.8) is 0 Å². The van der Waals surface area contributed by atoms with E-state index in [0.717, 1.165) is 0 Å². The minimum Gasteiger partial charge on any atom is -0.0732 e. The van der Waals surface area contributed by atoms with Gasteiger partial charge in [0.05, 0.1) is 0 Å². The largest absolute Gasteiger partial charge is 0.0732 e. The Labute approximate surface area is 196 Å². The zero-order valence-electron chi connectivity index (χ0n) is 18.5. The first-order valence-electron chi connectivity index (χ1n) is 11.4. The molecule has 0 unspecified atom stereocenters. The van der Waals surface area contributed by atoms with Gasteiger partial charge in [-0.3, -0.25) is 0 Å². The van der Waals surface area contributed by atoms with Crippen LogP contribution in [0.5, 0.6) is 0 Å². The Balaban J connectivity index is 1.83. The highest BCUT2D eigenvalue weighted by atomic mass is 14.2. The van der Waals surface area contributed by atoms with Crippen molar-refractivity contribution in [3.8, 4) is 0 Å². The first-order chi connectivity index (χ1) is 16.4. The van der Waals surface area contributed by atoms with Crippen LogP contribution in [0.2, 0.25) is 0 Å². The molecule has 0 heterocycles. The van der Waals surface area contributed by atoms with Gasteiger partial charge in [-0.25, -0.2) is 0 Å². The first-order valence-corrected chi connectivity index (χ1v) is 11.4. The molecule has 4 aromatic rings. The smallest absolute Gasteiger partial charge is 0.0211 e. The third kappa shape index (κ3) is 4.71. The minimum absolute atomic E-state index is 0.211. The van der Waals surface area contributed by atoms with E-state index in [0.29, 0.717) is 0 Å². The van der Waals surface area contributed by atoms with Crippen LogP contribution in [0.4, 0.5) is 0 Å². The van der Waals surface area contributed by atoms with Crippen LogP contribution >= 0.6 is 0 Å². The van der Waals surface area contributed by atoms with Crippen LogP contribution in [-0.4, -0.2) is 0 Å². The lowest BCUT2D eigenvalue weighted by molar-refractivity contribution is 1.03. The van der Waals surface area contributed by atoms with Gasteiger partial charge in [-0.2, -0.15) is 0 Å². The topological polar surface area (TPSA) is 0 Å². The molecule has 158 valence electrons. The average Bonchev–Trinajstić information content (AvgIpc) is 3.43. The molecule has 0 spiro atoms. The SMILES string of the molecule is C1=CC(C(C=C(c2ccccc2)c2ccccc2)=C(c2ccccc2)c2ccccc2)C=C1. The van der Waals surface area contributed by atoms with Crippen molar-refractivity contribution in [2.24, 2.45) is 5.92 Å². The first kappa shape index (κ1) is 20.7. The summed E-state index contributed by atoms with van der Waals surface area (Å²) >= 11 is 0. The van der Waals surface area contributed by atoms with Gasteiger partial charge in [-0.1, -0.05) is 146 Å². The van der Waals surface area contributed by atoms with Crippen molar-refractivity contribution >= 4 is 11.1 Å². The normalized spacial score (nSPS) is 12.5. The summed E-state index contributed by atoms with van der Waals surface area (Å²) in [4.78, 5) is 0. The summed E-state index contributed by atoms with van der Waals surface area (Å²) in [5.74, 6) is 0.211. The molecule has 0 radical (unpaired) electrons. The van der Waals surface area contributed by atoms with Crippen LogP contribution < -0.4 is 0 Å². The fourth-order valence-corrected chi connectivity index (χ4v) is 4.41. The van der Waals surface area contributed by atoms with Gasteiger partial charge in [0, 0.05) is 5.92 Å². The lowest BCUT2D eigenvalue weighted by Gasteiger charge is -2.20. The Morgan fingerprint density at radius 1 is 0.455 bits per heavy atom. The molecule has 0 amide bonds. The van der Waals surface area contributed by atoms with E-state index in [4.69, 9.17) is 0 Å². The quantitative estimate of drug-likeness (QED) is 0.274. The second kappa shape index (κ2) is 9.97. The van der Waals surface area contributed by atoms with E-state index in [9.17, 15) is 0 Å². The van der Waals surface area contributed by atoms with Crippen LogP contribution in [0.1, 0.15) is 22.3 Å². The summed E-state index contributed by atoms with van der Waals surface area (Å²) in [6, 6.07) is 42.9. The van der Waals surface area contributed by atoms with Gasteiger partial charge >= 0.3 is 0 Å². The highest BCUT2D eigenvalue weighted by molar-refractivity contribution is 5.89. The lowest BCUT2D eigenvalue weighted by atomic mass is 9.84. The number of benzene rings is 4. The second-order valence-corrected chi connectivity index (χ2v) is 8.15. The lowest BCUT2D eigenvalue weighted by Crippen LogP contribution is -2.02. The Morgan fingerprint density at radius 3 is 1.21 bits per heavy atom. The molecule has 4 aromatic carbocycles. The van der Waals surface area contributed by atoms with Crippen LogP contribution in [0.15, 0.2) is 157 Å². The van der Waals surface area contributed by atoms with Gasteiger partial charge < -0.3 is 0 Å². The van der Waals surface area contributed by atoms with E-state index in [-0.39, 0.29) is 5.92 Å². The fourth-order valence-electron chi connectivity index (χ4n) is 4.41. The summed E-state index contributed by atoms with van der Waals surface area (Å²) in [5, 5.41) is 0. The standard InChI is InChI=1S/C33H26/c1-5-15-26(16-6-1)31(27-17-7-2-8-18-27)25-32(28-19-13-14-20-28)33(29-21-9-3-10-22-29)30-23-11-4-12-24-30/h1-25,28H. The molecule has 0 N–H and O–H groups in total. The van der Waals surface area contributed by atoms with E-state index in [1.165, 1.54) is 39.0 Å². The fraction of sp³-hybridized carbons (Fsp3) is 0.0303. The number of hydrogen-bond donors (Lipinski definition) is 0. The summed E-state index contributed by atoms with van der Waals surface area (Å²) in [6.07, 6.45) is 11.3. The molecule has 0 atom stereocenters. The molecule has 5 rings (SSSR count). The third-order valence-electron chi connectivity index (χ3n) is 5.99. The monoisotopic (exact) mass is 422 g/mol. The highest BCUT2D eigenvalue weighted by Crippen LogP contribution is 2.37. The summed E-state index contributed by atoms with van der Waals surface area (Å²) in [6.45, 7) is 0. The van der Waals surface area contributed by atoms with Gasteiger partial charge in [-0.05, 0) is 45.0 Å². The molecular weight excluding hydrogens is 396 g/mol. The van der Waals surface area contributed by atoms with Crippen LogP contribution in [-0.2, 0) is 0 Å². The predicted octanol–water partition coefficient (Wildman–Crippen LogP) is 8.36. The number of rotatable bonds is 6. The van der Waals surface area contributed by atoms with Gasteiger partial charge in [0.25, 0.3) is 0 Å². The molecule has 33 heavy (non-hydrogen) atoms. The molecule has 0 aromatic heterocycles. The molecule has 0 saturated carbocycles. The van der Waals surface area contributed by atoms with Crippen molar-refractivity contribution < 1.29 is 0 Å².